The van der Waals surface area contributed by atoms with Crippen molar-refractivity contribution in [1.29, 1.82) is 5.26 Å². The fourth-order valence-electron chi connectivity index (χ4n) is 1.44. The molecule has 0 amide bonds. The highest BCUT2D eigenvalue weighted by Crippen LogP contribution is 2.39. The number of non-ortho nitro benzene ring substituents is 1. The SMILES string of the molecule is N#Cc1cc(Cl)nc(Oc2c(Cl)cc([N+](=O)[O-])cc2Cl)c1. The molecular formula is C12H4Cl3N3O3. The number of nitrogens with zero attached hydrogens (tertiary/aromatic N) is 3. The first-order valence-corrected chi connectivity index (χ1v) is 6.43. The Hall–Kier alpha value is -2.07. The first-order valence-electron chi connectivity index (χ1n) is 5.29. The molecule has 0 spiro atoms. The van der Waals surface area contributed by atoms with Crippen LogP contribution in [0.25, 0.3) is 0 Å². The van der Waals surface area contributed by atoms with Gasteiger partial charge in [-0.3, -0.25) is 10.1 Å². The topological polar surface area (TPSA) is 89.0 Å². The van der Waals surface area contributed by atoms with Gasteiger partial charge in [-0.2, -0.15) is 5.26 Å². The van der Waals surface area contributed by atoms with Crippen LogP contribution in [0.1, 0.15) is 5.56 Å². The van der Waals surface area contributed by atoms with Gasteiger partial charge in [0.05, 0.1) is 26.6 Å². The van der Waals surface area contributed by atoms with Crippen molar-refractivity contribution in [2.24, 2.45) is 0 Å². The van der Waals surface area contributed by atoms with Gasteiger partial charge in [-0.05, 0) is 6.07 Å². The lowest BCUT2D eigenvalue weighted by Gasteiger charge is -2.09. The Labute approximate surface area is 133 Å². The van der Waals surface area contributed by atoms with Crippen LogP contribution in [0.2, 0.25) is 15.2 Å². The van der Waals surface area contributed by atoms with E-state index in [4.69, 9.17) is 44.8 Å². The number of nitriles is 1. The zero-order valence-corrected chi connectivity index (χ0v) is 12.3. The molecule has 1 aromatic carbocycles. The van der Waals surface area contributed by atoms with E-state index in [-0.39, 0.29) is 38.1 Å². The van der Waals surface area contributed by atoms with Crippen LogP contribution in [0.15, 0.2) is 24.3 Å². The molecule has 21 heavy (non-hydrogen) atoms. The minimum atomic E-state index is -0.632. The molecule has 9 heteroatoms. The van der Waals surface area contributed by atoms with Crippen LogP contribution in [0.4, 0.5) is 5.69 Å². The van der Waals surface area contributed by atoms with Crippen molar-refractivity contribution in [3.8, 4) is 17.7 Å². The molecular weight excluding hydrogens is 341 g/mol. The first-order chi connectivity index (χ1) is 9.90. The van der Waals surface area contributed by atoms with Crippen LogP contribution in [-0.4, -0.2) is 9.91 Å². The van der Waals surface area contributed by atoms with Gasteiger partial charge < -0.3 is 4.74 Å². The molecule has 1 aromatic heterocycles. The summed E-state index contributed by atoms with van der Waals surface area (Å²) in [6.45, 7) is 0. The van der Waals surface area contributed by atoms with Gasteiger partial charge in [0.15, 0.2) is 5.75 Å². The molecule has 0 atom stereocenters. The minimum absolute atomic E-state index is 0.00305. The number of rotatable bonds is 3. The lowest BCUT2D eigenvalue weighted by atomic mass is 10.3. The van der Waals surface area contributed by atoms with Crippen molar-refractivity contribution in [3.05, 3.63) is 55.1 Å². The smallest absolute Gasteiger partial charge is 0.272 e. The predicted octanol–water partition coefficient (Wildman–Crippen LogP) is 4.61. The molecule has 0 saturated heterocycles. The van der Waals surface area contributed by atoms with E-state index in [0.717, 1.165) is 12.1 Å². The molecule has 2 aromatic rings. The highest BCUT2D eigenvalue weighted by Gasteiger charge is 2.17. The maximum atomic E-state index is 10.7. The van der Waals surface area contributed by atoms with Crippen molar-refractivity contribution < 1.29 is 9.66 Å². The van der Waals surface area contributed by atoms with Gasteiger partial charge in [-0.25, -0.2) is 4.98 Å². The largest absolute Gasteiger partial charge is 0.436 e. The summed E-state index contributed by atoms with van der Waals surface area (Å²) >= 11 is 17.5. The Morgan fingerprint density at radius 3 is 2.33 bits per heavy atom. The number of pyridine rings is 1. The van der Waals surface area contributed by atoms with Crippen molar-refractivity contribution in [3.63, 3.8) is 0 Å². The number of hydrogen-bond acceptors (Lipinski definition) is 5. The van der Waals surface area contributed by atoms with Crippen LogP contribution >= 0.6 is 34.8 Å². The standard InChI is InChI=1S/C12H4Cl3N3O3/c13-8-3-7(18(19)20)4-9(14)12(8)21-11-2-6(5-16)1-10(15)17-11/h1-4H. The summed E-state index contributed by atoms with van der Waals surface area (Å²) < 4.78 is 5.36. The molecule has 0 fully saturated rings. The average molecular weight is 345 g/mol. The van der Waals surface area contributed by atoms with Crippen molar-refractivity contribution >= 4 is 40.5 Å². The fraction of sp³-hybridized carbons (Fsp3) is 0. The van der Waals surface area contributed by atoms with Gasteiger partial charge in [-0.15, -0.1) is 0 Å². The highest BCUT2D eigenvalue weighted by molar-refractivity contribution is 6.37. The number of aromatic nitrogens is 1. The third-order valence-electron chi connectivity index (χ3n) is 2.30. The molecule has 0 aliphatic rings. The quantitative estimate of drug-likeness (QED) is 0.460. The van der Waals surface area contributed by atoms with Crippen LogP contribution in [0, 0.1) is 21.4 Å². The number of benzene rings is 1. The third kappa shape index (κ3) is 3.52. The van der Waals surface area contributed by atoms with Gasteiger partial charge in [-0.1, -0.05) is 34.8 Å². The summed E-state index contributed by atoms with van der Waals surface area (Å²) in [7, 11) is 0. The van der Waals surface area contributed by atoms with Gasteiger partial charge in [0.25, 0.3) is 5.69 Å². The zero-order valence-electron chi connectivity index (χ0n) is 10.0. The maximum Gasteiger partial charge on any atom is 0.272 e. The number of nitro benzene ring substituents is 1. The van der Waals surface area contributed by atoms with Gasteiger partial charge in [0, 0.05) is 18.2 Å². The van der Waals surface area contributed by atoms with Gasteiger partial charge in [0.2, 0.25) is 5.88 Å². The molecule has 0 radical (unpaired) electrons. The second kappa shape index (κ2) is 6.14. The van der Waals surface area contributed by atoms with Crippen molar-refractivity contribution in [2.45, 2.75) is 0 Å². The average Bonchev–Trinajstić information content (AvgIpc) is 2.41. The third-order valence-corrected chi connectivity index (χ3v) is 3.06. The van der Waals surface area contributed by atoms with E-state index in [1.54, 1.807) is 0 Å². The van der Waals surface area contributed by atoms with E-state index in [2.05, 4.69) is 4.98 Å². The molecule has 0 saturated carbocycles. The number of nitro groups is 1. The van der Waals surface area contributed by atoms with E-state index in [1.165, 1.54) is 12.1 Å². The Balaban J connectivity index is 2.43. The van der Waals surface area contributed by atoms with E-state index < -0.39 is 4.92 Å². The summed E-state index contributed by atoms with van der Waals surface area (Å²) in [6, 6.07) is 6.77. The van der Waals surface area contributed by atoms with Crippen molar-refractivity contribution in [1.82, 2.24) is 4.98 Å². The van der Waals surface area contributed by atoms with Crippen LogP contribution in [0.3, 0.4) is 0 Å². The van der Waals surface area contributed by atoms with E-state index in [0.29, 0.717) is 0 Å². The van der Waals surface area contributed by atoms with Gasteiger partial charge >= 0.3 is 0 Å². The first kappa shape index (κ1) is 15.3. The maximum absolute atomic E-state index is 10.7. The summed E-state index contributed by atoms with van der Waals surface area (Å²) in [5.74, 6) is -0.0145. The van der Waals surface area contributed by atoms with E-state index in [9.17, 15) is 10.1 Å². The second-order valence-corrected chi connectivity index (χ2v) is 4.93. The Bertz CT molecular complexity index is 751. The summed E-state index contributed by atoms with van der Waals surface area (Å²) in [6.07, 6.45) is 0. The summed E-state index contributed by atoms with van der Waals surface area (Å²) in [4.78, 5) is 13.9. The minimum Gasteiger partial charge on any atom is -0.436 e. The Morgan fingerprint density at radius 2 is 1.81 bits per heavy atom. The fourth-order valence-corrected chi connectivity index (χ4v) is 2.20. The van der Waals surface area contributed by atoms with Gasteiger partial charge in [0.1, 0.15) is 5.15 Å². The zero-order chi connectivity index (χ0) is 15.6. The lowest BCUT2D eigenvalue weighted by Crippen LogP contribution is -1.94. The molecule has 1 heterocycles. The van der Waals surface area contributed by atoms with Crippen molar-refractivity contribution in [2.75, 3.05) is 0 Å². The van der Waals surface area contributed by atoms with Crippen LogP contribution in [-0.2, 0) is 0 Å². The van der Waals surface area contributed by atoms with E-state index in [1.807, 2.05) is 6.07 Å². The Kier molecular flexibility index (Phi) is 4.48. The molecule has 0 unspecified atom stereocenters. The lowest BCUT2D eigenvalue weighted by molar-refractivity contribution is -0.384. The molecule has 0 aliphatic heterocycles. The molecule has 0 N–H and O–H groups in total. The Morgan fingerprint density at radius 1 is 1.19 bits per heavy atom. The molecule has 0 aliphatic carbocycles. The summed E-state index contributed by atoms with van der Waals surface area (Å²) in [5.41, 5.74) is -0.0340. The number of ether oxygens (including phenoxy) is 1. The molecule has 6 nitrogen and oxygen atoms in total. The van der Waals surface area contributed by atoms with Crippen LogP contribution in [0.5, 0.6) is 11.6 Å². The number of halogens is 3. The molecule has 106 valence electrons. The molecule has 2 rings (SSSR count). The predicted molar refractivity (Wildman–Crippen MR) is 77.2 cm³/mol. The summed E-state index contributed by atoms with van der Waals surface area (Å²) in [5, 5.41) is 19.5. The second-order valence-electron chi connectivity index (χ2n) is 3.73. The normalized spacial score (nSPS) is 10.0. The monoisotopic (exact) mass is 343 g/mol. The number of hydrogen-bond donors (Lipinski definition) is 0. The van der Waals surface area contributed by atoms with E-state index >= 15 is 0 Å². The molecule has 0 bridgehead atoms. The highest BCUT2D eigenvalue weighted by atomic mass is 35.5. The van der Waals surface area contributed by atoms with Crippen LogP contribution < -0.4 is 4.74 Å².